The smallest absolute Gasteiger partial charge is 0.337 e. The summed E-state index contributed by atoms with van der Waals surface area (Å²) in [6, 6.07) is 3.74. The summed E-state index contributed by atoms with van der Waals surface area (Å²) in [7, 11) is 0. The van der Waals surface area contributed by atoms with Crippen molar-refractivity contribution in [2.45, 2.75) is 31.4 Å². The highest BCUT2D eigenvalue weighted by Gasteiger charge is 2.37. The Morgan fingerprint density at radius 2 is 2.00 bits per heavy atom. The van der Waals surface area contributed by atoms with Gasteiger partial charge < -0.3 is 20.4 Å². The second kappa shape index (κ2) is 7.59. The molecule has 1 fully saturated rings. The molecule has 1 aliphatic heterocycles. The normalized spacial score (nSPS) is 19.4. The number of aliphatic carboxylic acids is 1. The van der Waals surface area contributed by atoms with Gasteiger partial charge >= 0.3 is 5.97 Å². The number of benzene rings is 1. The van der Waals surface area contributed by atoms with Crippen LogP contribution in [0.4, 0.5) is 0 Å². The maximum absolute atomic E-state index is 12.6. The Bertz CT molecular complexity index is 708. The topological polar surface area (TPSA) is 107 Å². The van der Waals surface area contributed by atoms with Gasteiger partial charge in [-0.3, -0.25) is 9.59 Å². The summed E-state index contributed by atoms with van der Waals surface area (Å²) < 4.78 is 0. The number of amides is 2. The van der Waals surface area contributed by atoms with Crippen LogP contribution in [0, 0.1) is 0 Å². The second-order valence-electron chi connectivity index (χ2n) is 6.08. The van der Waals surface area contributed by atoms with Gasteiger partial charge in [-0.2, -0.15) is 0 Å². The molecule has 0 radical (unpaired) electrons. The summed E-state index contributed by atoms with van der Waals surface area (Å²) in [5.74, 6) is -2.31. The summed E-state index contributed by atoms with van der Waals surface area (Å²) in [5.41, 5.74) is -1.76. The quantitative estimate of drug-likeness (QED) is 0.709. The van der Waals surface area contributed by atoms with Gasteiger partial charge in [0, 0.05) is 12.1 Å². The van der Waals surface area contributed by atoms with Gasteiger partial charge in [0.2, 0.25) is 5.91 Å². The van der Waals surface area contributed by atoms with Gasteiger partial charge in [0.1, 0.15) is 6.04 Å². The fraction of sp³-hybridized carbons (Fsp3) is 0.438. The van der Waals surface area contributed by atoms with Crippen molar-refractivity contribution in [3.8, 4) is 0 Å². The van der Waals surface area contributed by atoms with Crippen LogP contribution in [0.15, 0.2) is 18.2 Å². The summed E-state index contributed by atoms with van der Waals surface area (Å²) in [6.45, 7) is 1.03. The molecule has 0 saturated carbocycles. The predicted molar refractivity (Wildman–Crippen MR) is 91.8 cm³/mol. The van der Waals surface area contributed by atoms with E-state index in [-0.39, 0.29) is 10.9 Å². The van der Waals surface area contributed by atoms with Gasteiger partial charge in [0.15, 0.2) is 5.60 Å². The Morgan fingerprint density at radius 3 is 2.60 bits per heavy atom. The van der Waals surface area contributed by atoms with Gasteiger partial charge in [0.25, 0.3) is 5.91 Å². The summed E-state index contributed by atoms with van der Waals surface area (Å²) in [6.07, 6.45) is 1.09. The highest BCUT2D eigenvalue weighted by Crippen LogP contribution is 2.26. The number of hydrogen-bond donors (Lipinski definition) is 3. The van der Waals surface area contributed by atoms with Crippen LogP contribution in [-0.4, -0.2) is 57.6 Å². The van der Waals surface area contributed by atoms with Crippen LogP contribution in [0.3, 0.4) is 0 Å². The minimum atomic E-state index is -2.08. The number of nitrogens with zero attached hydrogens (tertiary/aromatic N) is 1. The lowest BCUT2D eigenvalue weighted by molar-refractivity contribution is -0.156. The number of halogens is 2. The average Bonchev–Trinajstić information content (AvgIpc) is 3.04. The fourth-order valence-corrected chi connectivity index (χ4v) is 2.83. The van der Waals surface area contributed by atoms with Gasteiger partial charge in [0.05, 0.1) is 16.6 Å². The molecule has 0 spiro atoms. The number of rotatable bonds is 5. The van der Waals surface area contributed by atoms with Crippen molar-refractivity contribution in [2.24, 2.45) is 0 Å². The van der Waals surface area contributed by atoms with Crippen LogP contribution in [0.2, 0.25) is 10.0 Å². The molecule has 3 N–H and O–H groups in total. The lowest BCUT2D eigenvalue weighted by Gasteiger charge is -2.26. The van der Waals surface area contributed by atoms with Crippen molar-refractivity contribution in [3.05, 3.63) is 33.8 Å². The predicted octanol–water partition coefficient (Wildman–Crippen LogP) is 1.55. The largest absolute Gasteiger partial charge is 0.479 e. The molecule has 1 aromatic rings. The van der Waals surface area contributed by atoms with Crippen molar-refractivity contribution >= 4 is 41.0 Å². The van der Waals surface area contributed by atoms with E-state index < -0.39 is 30.1 Å². The number of carboxylic acid groups (broad SMARTS) is 1. The van der Waals surface area contributed by atoms with Crippen molar-refractivity contribution in [2.75, 3.05) is 13.1 Å². The van der Waals surface area contributed by atoms with Gasteiger partial charge in [-0.1, -0.05) is 23.2 Å². The number of hydrogen-bond acceptors (Lipinski definition) is 4. The van der Waals surface area contributed by atoms with E-state index in [1.807, 2.05) is 0 Å². The molecule has 25 heavy (non-hydrogen) atoms. The SMILES string of the molecule is CC(O)(CNC(=O)C1CCCN1C(=O)c1ccc(Cl)c(Cl)c1)C(=O)O. The third-order valence-electron chi connectivity index (χ3n) is 4.05. The molecule has 1 aromatic carbocycles. The number of aliphatic hydroxyl groups is 1. The molecule has 2 amide bonds. The van der Waals surface area contributed by atoms with Crippen LogP contribution in [0.5, 0.6) is 0 Å². The molecule has 1 heterocycles. The molecule has 0 bridgehead atoms. The lowest BCUT2D eigenvalue weighted by atomic mass is 10.1. The zero-order valence-electron chi connectivity index (χ0n) is 13.5. The van der Waals surface area contributed by atoms with Crippen molar-refractivity contribution in [3.63, 3.8) is 0 Å². The first-order valence-electron chi connectivity index (χ1n) is 7.63. The third kappa shape index (κ3) is 4.42. The molecule has 2 atom stereocenters. The van der Waals surface area contributed by atoms with E-state index >= 15 is 0 Å². The first kappa shape index (κ1) is 19.5. The van der Waals surface area contributed by atoms with Gasteiger partial charge in [-0.05, 0) is 38.0 Å². The van der Waals surface area contributed by atoms with E-state index in [9.17, 15) is 19.5 Å². The maximum Gasteiger partial charge on any atom is 0.337 e. The monoisotopic (exact) mass is 388 g/mol. The highest BCUT2D eigenvalue weighted by molar-refractivity contribution is 6.42. The second-order valence-corrected chi connectivity index (χ2v) is 6.90. The molecule has 0 aliphatic carbocycles. The standard InChI is InChI=1S/C16H18Cl2N2O5/c1-16(25,15(23)24)8-19-13(21)12-3-2-6-20(12)14(22)9-4-5-10(17)11(18)7-9/h4-5,7,12,25H,2-3,6,8H2,1H3,(H,19,21)(H,23,24). The van der Waals surface area contributed by atoms with E-state index in [1.165, 1.54) is 23.1 Å². The Hall–Kier alpha value is -1.83. The van der Waals surface area contributed by atoms with E-state index in [0.29, 0.717) is 30.0 Å². The number of nitrogens with one attached hydrogen (secondary N) is 1. The minimum Gasteiger partial charge on any atom is -0.479 e. The lowest BCUT2D eigenvalue weighted by Crippen LogP contribution is -2.52. The molecule has 2 unspecified atom stereocenters. The first-order valence-corrected chi connectivity index (χ1v) is 8.38. The van der Waals surface area contributed by atoms with E-state index in [0.717, 1.165) is 6.92 Å². The zero-order valence-corrected chi connectivity index (χ0v) is 15.0. The van der Waals surface area contributed by atoms with Crippen molar-refractivity contribution in [1.82, 2.24) is 10.2 Å². The summed E-state index contributed by atoms with van der Waals surface area (Å²) in [4.78, 5) is 37.3. The van der Waals surface area contributed by atoms with Crippen LogP contribution in [0.25, 0.3) is 0 Å². The molecular weight excluding hydrogens is 371 g/mol. The Kier molecular flexibility index (Phi) is 5.92. The Morgan fingerprint density at radius 1 is 1.32 bits per heavy atom. The molecule has 7 nitrogen and oxygen atoms in total. The molecule has 2 rings (SSSR count). The molecule has 0 aromatic heterocycles. The number of carbonyl (C=O) groups is 3. The summed E-state index contributed by atoms with van der Waals surface area (Å²) >= 11 is 11.8. The Balaban J connectivity index is 2.08. The van der Waals surface area contributed by atoms with Gasteiger partial charge in [-0.25, -0.2) is 4.79 Å². The van der Waals surface area contributed by atoms with E-state index in [4.69, 9.17) is 28.3 Å². The highest BCUT2D eigenvalue weighted by atomic mass is 35.5. The molecule has 9 heteroatoms. The molecular formula is C16H18Cl2N2O5. The van der Waals surface area contributed by atoms with Crippen LogP contribution in [0.1, 0.15) is 30.1 Å². The average molecular weight is 389 g/mol. The van der Waals surface area contributed by atoms with Crippen molar-refractivity contribution < 1.29 is 24.6 Å². The Labute approximate surface area is 154 Å². The fourth-order valence-electron chi connectivity index (χ4n) is 2.53. The van der Waals surface area contributed by atoms with E-state index in [1.54, 1.807) is 0 Å². The molecule has 136 valence electrons. The third-order valence-corrected chi connectivity index (χ3v) is 4.79. The van der Waals surface area contributed by atoms with Crippen molar-refractivity contribution in [1.29, 1.82) is 0 Å². The van der Waals surface area contributed by atoms with Crippen LogP contribution >= 0.6 is 23.2 Å². The number of carboxylic acids is 1. The minimum absolute atomic E-state index is 0.241. The number of carbonyl (C=O) groups excluding carboxylic acids is 2. The zero-order chi connectivity index (χ0) is 18.8. The first-order chi connectivity index (χ1) is 11.6. The summed E-state index contributed by atoms with van der Waals surface area (Å²) in [5, 5.41) is 21.5. The van der Waals surface area contributed by atoms with Crippen LogP contribution < -0.4 is 5.32 Å². The maximum atomic E-state index is 12.6. The van der Waals surface area contributed by atoms with Crippen LogP contribution in [-0.2, 0) is 9.59 Å². The molecule has 1 aliphatic rings. The molecule has 1 saturated heterocycles. The number of likely N-dealkylation sites (tertiary alicyclic amines) is 1. The van der Waals surface area contributed by atoms with Gasteiger partial charge in [-0.15, -0.1) is 0 Å². The van der Waals surface area contributed by atoms with E-state index in [2.05, 4.69) is 5.32 Å².